The average Bonchev–Trinajstić information content (AvgIpc) is 2.77. The summed E-state index contributed by atoms with van der Waals surface area (Å²) in [5.41, 5.74) is 0. The number of alkyl halides is 1. The van der Waals surface area contributed by atoms with Crippen LogP contribution < -0.4 is 4.72 Å². The Morgan fingerprint density at radius 1 is 1.20 bits per heavy atom. The first-order valence-corrected chi connectivity index (χ1v) is 7.31. The number of hydrogen-bond acceptors (Lipinski definition) is 3. The van der Waals surface area contributed by atoms with Gasteiger partial charge in [-0.1, -0.05) is 12.8 Å². The van der Waals surface area contributed by atoms with Crippen LogP contribution in [0.1, 0.15) is 25.7 Å². The minimum Gasteiger partial charge on any atom is -0.378 e. The first-order valence-electron chi connectivity index (χ1n) is 5.32. The van der Waals surface area contributed by atoms with Crippen LogP contribution in [0.15, 0.2) is 0 Å². The summed E-state index contributed by atoms with van der Waals surface area (Å²) in [5, 5.41) is -0.455. The van der Waals surface area contributed by atoms with E-state index < -0.39 is 10.0 Å². The molecule has 2 atom stereocenters. The molecule has 0 aromatic rings. The molecule has 2 rings (SSSR count). The maximum Gasteiger partial charge on any atom is 0.214 e. The third-order valence-corrected chi connectivity index (χ3v) is 5.48. The van der Waals surface area contributed by atoms with Gasteiger partial charge >= 0.3 is 0 Å². The molecule has 1 saturated carbocycles. The van der Waals surface area contributed by atoms with Crippen molar-refractivity contribution < 1.29 is 13.2 Å². The molecular formula is C9H16ClNO3S. The van der Waals surface area contributed by atoms with Crippen molar-refractivity contribution >= 4 is 21.6 Å². The summed E-state index contributed by atoms with van der Waals surface area (Å²) in [5.74, 6) is 0. The first-order chi connectivity index (χ1) is 7.09. The first kappa shape index (κ1) is 11.6. The molecule has 0 bridgehead atoms. The molecule has 6 heteroatoms. The van der Waals surface area contributed by atoms with Gasteiger partial charge in [-0.15, -0.1) is 11.6 Å². The summed E-state index contributed by atoms with van der Waals surface area (Å²) in [7, 11) is -3.19. The molecule has 2 unspecified atom stereocenters. The number of rotatable bonds is 3. The topological polar surface area (TPSA) is 55.4 Å². The predicted octanol–water partition coefficient (Wildman–Crippen LogP) is 0.855. The molecule has 0 spiro atoms. The largest absolute Gasteiger partial charge is 0.378 e. The van der Waals surface area contributed by atoms with E-state index in [2.05, 4.69) is 4.72 Å². The van der Waals surface area contributed by atoms with Crippen LogP contribution in [-0.2, 0) is 14.8 Å². The minimum absolute atomic E-state index is 0.220. The Balaban J connectivity index is 1.97. The van der Waals surface area contributed by atoms with Crippen molar-refractivity contribution in [2.45, 2.75) is 42.4 Å². The van der Waals surface area contributed by atoms with E-state index in [1.165, 1.54) is 0 Å². The highest BCUT2D eigenvalue weighted by molar-refractivity contribution is 7.90. The summed E-state index contributed by atoms with van der Waals surface area (Å²) in [4.78, 5) is 0. The summed E-state index contributed by atoms with van der Waals surface area (Å²) in [6.07, 6.45) is 3.57. The van der Waals surface area contributed by atoms with Crippen LogP contribution >= 0.6 is 11.6 Å². The molecule has 1 heterocycles. The number of ether oxygens (including phenoxy) is 1. The minimum atomic E-state index is -3.19. The Hall–Kier alpha value is 0.160. The van der Waals surface area contributed by atoms with Gasteiger partial charge in [0.05, 0.1) is 29.9 Å². The molecule has 1 aliphatic heterocycles. The molecule has 2 fully saturated rings. The third kappa shape index (κ3) is 2.64. The van der Waals surface area contributed by atoms with Crippen LogP contribution in [0.4, 0.5) is 0 Å². The lowest BCUT2D eigenvalue weighted by Gasteiger charge is -2.17. The van der Waals surface area contributed by atoms with Gasteiger partial charge in [0, 0.05) is 0 Å². The summed E-state index contributed by atoms with van der Waals surface area (Å²) in [6.45, 7) is 0.819. The quantitative estimate of drug-likeness (QED) is 0.759. The van der Waals surface area contributed by atoms with Gasteiger partial charge in [0.2, 0.25) is 10.0 Å². The van der Waals surface area contributed by atoms with Crippen molar-refractivity contribution in [1.82, 2.24) is 4.72 Å². The van der Waals surface area contributed by atoms with E-state index in [-0.39, 0.29) is 16.7 Å². The average molecular weight is 254 g/mol. The molecule has 0 aromatic carbocycles. The fourth-order valence-electron chi connectivity index (χ4n) is 2.14. The zero-order valence-corrected chi connectivity index (χ0v) is 10.1. The molecule has 2 aliphatic rings. The van der Waals surface area contributed by atoms with E-state index in [0.717, 1.165) is 25.7 Å². The van der Waals surface area contributed by atoms with Crippen LogP contribution in [0, 0.1) is 0 Å². The number of hydrogen-bond donors (Lipinski definition) is 1. The smallest absolute Gasteiger partial charge is 0.214 e. The maximum atomic E-state index is 11.9. The Kier molecular flexibility index (Phi) is 3.55. The Bertz CT molecular complexity index is 313. The van der Waals surface area contributed by atoms with Gasteiger partial charge in [-0.05, 0) is 12.8 Å². The third-order valence-electron chi connectivity index (χ3n) is 3.07. The van der Waals surface area contributed by atoms with Crippen LogP contribution in [0.5, 0.6) is 0 Å². The summed E-state index contributed by atoms with van der Waals surface area (Å²) >= 11 is 5.94. The van der Waals surface area contributed by atoms with E-state index >= 15 is 0 Å². The molecule has 15 heavy (non-hydrogen) atoms. The van der Waals surface area contributed by atoms with Crippen LogP contribution in [0.3, 0.4) is 0 Å². The lowest BCUT2D eigenvalue weighted by Crippen LogP contribution is -2.44. The molecule has 4 nitrogen and oxygen atoms in total. The van der Waals surface area contributed by atoms with Gasteiger partial charge in [0.1, 0.15) is 0 Å². The van der Waals surface area contributed by atoms with E-state index in [1.54, 1.807) is 0 Å². The summed E-state index contributed by atoms with van der Waals surface area (Å²) in [6, 6.07) is -0.253. The molecule has 1 N–H and O–H groups in total. The normalized spacial score (nSPS) is 33.7. The number of sulfonamides is 1. The van der Waals surface area contributed by atoms with Crippen molar-refractivity contribution in [1.29, 1.82) is 0 Å². The zero-order valence-electron chi connectivity index (χ0n) is 8.49. The van der Waals surface area contributed by atoms with Crippen molar-refractivity contribution in [3.63, 3.8) is 0 Å². The molecule has 0 aromatic heterocycles. The number of nitrogens with one attached hydrogen (secondary N) is 1. The molecule has 1 aliphatic carbocycles. The van der Waals surface area contributed by atoms with Gasteiger partial charge in [-0.25, -0.2) is 13.1 Å². The van der Waals surface area contributed by atoms with Crippen LogP contribution in [0.2, 0.25) is 0 Å². The Morgan fingerprint density at radius 2 is 1.87 bits per heavy atom. The highest BCUT2D eigenvalue weighted by Gasteiger charge is 2.35. The van der Waals surface area contributed by atoms with Gasteiger partial charge in [0.15, 0.2) is 0 Å². The van der Waals surface area contributed by atoms with Gasteiger partial charge in [-0.2, -0.15) is 0 Å². The monoisotopic (exact) mass is 253 g/mol. The van der Waals surface area contributed by atoms with Gasteiger partial charge < -0.3 is 4.74 Å². The molecule has 1 saturated heterocycles. The van der Waals surface area contributed by atoms with Gasteiger partial charge in [-0.3, -0.25) is 0 Å². The Labute approximate surface area is 95.4 Å². The van der Waals surface area contributed by atoms with E-state index in [0.29, 0.717) is 13.2 Å². The van der Waals surface area contributed by atoms with Gasteiger partial charge in [0.25, 0.3) is 0 Å². The second-order valence-electron chi connectivity index (χ2n) is 4.23. The van der Waals surface area contributed by atoms with Crippen LogP contribution in [-0.4, -0.2) is 38.3 Å². The van der Waals surface area contributed by atoms with Crippen molar-refractivity contribution in [2.75, 3.05) is 13.2 Å². The SMILES string of the molecule is O=S(=O)(NC1COCC1Cl)C1CCCC1. The predicted molar refractivity (Wildman–Crippen MR) is 58.6 cm³/mol. The number of halogens is 1. The highest BCUT2D eigenvalue weighted by atomic mass is 35.5. The molecule has 0 radical (unpaired) electrons. The second kappa shape index (κ2) is 4.57. The molecular weight excluding hydrogens is 238 g/mol. The highest BCUT2D eigenvalue weighted by Crippen LogP contribution is 2.25. The maximum absolute atomic E-state index is 11.9. The van der Waals surface area contributed by atoms with E-state index in [9.17, 15) is 8.42 Å². The summed E-state index contributed by atoms with van der Waals surface area (Å²) < 4.78 is 31.6. The lowest BCUT2D eigenvalue weighted by atomic mass is 10.3. The van der Waals surface area contributed by atoms with Crippen molar-refractivity contribution in [2.24, 2.45) is 0 Å². The van der Waals surface area contributed by atoms with Crippen LogP contribution in [0.25, 0.3) is 0 Å². The standard InChI is InChI=1S/C9H16ClNO3S/c10-8-5-14-6-9(8)11-15(12,13)7-3-1-2-4-7/h7-9,11H,1-6H2. The van der Waals surface area contributed by atoms with E-state index in [1.807, 2.05) is 0 Å². The van der Waals surface area contributed by atoms with Crippen molar-refractivity contribution in [3.8, 4) is 0 Å². The second-order valence-corrected chi connectivity index (χ2v) is 6.78. The zero-order chi connectivity index (χ0) is 10.9. The van der Waals surface area contributed by atoms with Crippen molar-refractivity contribution in [3.05, 3.63) is 0 Å². The lowest BCUT2D eigenvalue weighted by molar-refractivity contribution is 0.193. The van der Waals surface area contributed by atoms with E-state index in [4.69, 9.17) is 16.3 Å². The molecule has 0 amide bonds. The Morgan fingerprint density at radius 3 is 2.40 bits per heavy atom. The molecule has 88 valence electrons. The fraction of sp³-hybridized carbons (Fsp3) is 1.00. The fourth-order valence-corrected chi connectivity index (χ4v) is 4.24.